The third-order valence-electron chi connectivity index (χ3n) is 5.43. The number of ketones is 1. The minimum Gasteiger partial charge on any atom is -0.493 e. The monoisotopic (exact) mass is 457 g/mol. The lowest BCUT2D eigenvalue weighted by Crippen LogP contribution is -2.35. The predicted molar refractivity (Wildman–Crippen MR) is 127 cm³/mol. The summed E-state index contributed by atoms with van der Waals surface area (Å²) < 4.78 is 23.4. The number of hydrogen-bond donors (Lipinski definition) is 0. The molecule has 2 heterocycles. The second kappa shape index (κ2) is 10.0. The fourth-order valence-electron chi connectivity index (χ4n) is 3.70. The highest BCUT2D eigenvalue weighted by Crippen LogP contribution is 2.32. The quantitative estimate of drug-likeness (QED) is 0.290. The van der Waals surface area contributed by atoms with Crippen LogP contribution >= 0.6 is 0 Å². The standard InChI is InChI=1S/C27H25N2O5/c1-31-22-12-9-18(15-24(22)33-3)21-11-8-20(17-29(21)26-7-5-6-14-28-26)27(30)19-10-13-23(32-2)25(16-19)34-4/h5-17H,1-4H3/q+1. The van der Waals surface area contributed by atoms with Crippen LogP contribution in [0.3, 0.4) is 0 Å². The normalized spacial score (nSPS) is 10.5. The van der Waals surface area contributed by atoms with E-state index in [1.807, 2.05) is 47.0 Å². The molecule has 2 aromatic heterocycles. The van der Waals surface area contributed by atoms with Crippen LogP contribution in [0.15, 0.2) is 79.1 Å². The van der Waals surface area contributed by atoms with Gasteiger partial charge in [-0.25, -0.2) is 0 Å². The Morgan fingerprint density at radius 2 is 1.35 bits per heavy atom. The molecule has 0 atom stereocenters. The summed E-state index contributed by atoms with van der Waals surface area (Å²) in [5.41, 5.74) is 2.71. The predicted octanol–water partition coefficient (Wildman–Crippen LogP) is 4.29. The Morgan fingerprint density at radius 3 is 2.00 bits per heavy atom. The molecule has 7 heteroatoms. The molecule has 0 aliphatic carbocycles. The Bertz CT molecular complexity index is 1320. The van der Waals surface area contributed by atoms with Crippen LogP contribution < -0.4 is 23.5 Å². The third kappa shape index (κ3) is 4.41. The molecule has 34 heavy (non-hydrogen) atoms. The Kier molecular flexibility index (Phi) is 6.73. The Balaban J connectivity index is 1.83. The van der Waals surface area contributed by atoms with Gasteiger partial charge in [-0.3, -0.25) is 4.79 Å². The number of carbonyl (C=O) groups is 1. The molecule has 0 unspecified atom stereocenters. The highest BCUT2D eigenvalue weighted by molar-refractivity contribution is 6.09. The lowest BCUT2D eigenvalue weighted by molar-refractivity contribution is -0.588. The number of hydrogen-bond acceptors (Lipinski definition) is 6. The summed E-state index contributed by atoms with van der Waals surface area (Å²) in [6.45, 7) is 0. The molecule has 0 radical (unpaired) electrons. The van der Waals surface area contributed by atoms with Gasteiger partial charge in [0.15, 0.2) is 28.8 Å². The molecular formula is C27H25N2O5+. The molecule has 0 N–H and O–H groups in total. The lowest BCUT2D eigenvalue weighted by atomic mass is 10.0. The van der Waals surface area contributed by atoms with E-state index >= 15 is 0 Å². The molecule has 2 aromatic carbocycles. The number of ether oxygens (including phenoxy) is 4. The average molecular weight is 458 g/mol. The Hall–Kier alpha value is -4.39. The van der Waals surface area contributed by atoms with E-state index in [0.29, 0.717) is 39.9 Å². The summed E-state index contributed by atoms with van der Waals surface area (Å²) in [6.07, 6.45) is 3.50. The van der Waals surface area contributed by atoms with Crippen molar-refractivity contribution in [1.82, 2.24) is 4.98 Å². The van der Waals surface area contributed by atoms with Gasteiger partial charge in [0.2, 0.25) is 0 Å². The van der Waals surface area contributed by atoms with Crippen molar-refractivity contribution in [2.24, 2.45) is 0 Å². The smallest absolute Gasteiger partial charge is 0.327 e. The van der Waals surface area contributed by atoms with Gasteiger partial charge >= 0.3 is 5.82 Å². The van der Waals surface area contributed by atoms with Crippen molar-refractivity contribution in [1.29, 1.82) is 0 Å². The summed E-state index contributed by atoms with van der Waals surface area (Å²) >= 11 is 0. The number of benzene rings is 2. The maximum Gasteiger partial charge on any atom is 0.327 e. The van der Waals surface area contributed by atoms with Crippen LogP contribution in [0.5, 0.6) is 23.0 Å². The molecule has 4 aromatic rings. The zero-order valence-electron chi connectivity index (χ0n) is 19.4. The summed E-state index contributed by atoms with van der Waals surface area (Å²) in [5, 5.41) is 0. The average Bonchev–Trinajstić information content (AvgIpc) is 2.91. The first-order valence-corrected chi connectivity index (χ1v) is 10.6. The maximum absolute atomic E-state index is 13.4. The van der Waals surface area contributed by atoms with Gasteiger partial charge in [0.25, 0.3) is 0 Å². The first kappa shape index (κ1) is 22.8. The maximum atomic E-state index is 13.4. The van der Waals surface area contributed by atoms with E-state index in [9.17, 15) is 4.79 Å². The largest absolute Gasteiger partial charge is 0.493 e. The van der Waals surface area contributed by atoms with E-state index in [1.54, 1.807) is 65.1 Å². The molecule has 0 bridgehead atoms. The van der Waals surface area contributed by atoms with Gasteiger partial charge in [-0.2, -0.15) is 4.57 Å². The number of carbonyl (C=O) groups excluding carboxylic acids is 1. The number of rotatable bonds is 8. The van der Waals surface area contributed by atoms with Gasteiger partial charge in [-0.1, -0.05) is 6.07 Å². The fourth-order valence-corrected chi connectivity index (χ4v) is 3.70. The number of pyridine rings is 2. The highest BCUT2D eigenvalue weighted by atomic mass is 16.5. The van der Waals surface area contributed by atoms with Crippen LogP contribution in [0.1, 0.15) is 15.9 Å². The van der Waals surface area contributed by atoms with Crippen LogP contribution in [0.4, 0.5) is 0 Å². The molecule has 0 aliphatic rings. The Labute approximate surface area is 198 Å². The highest BCUT2D eigenvalue weighted by Gasteiger charge is 2.21. The minimum atomic E-state index is -0.149. The van der Waals surface area contributed by atoms with Gasteiger partial charge in [-0.15, -0.1) is 0 Å². The zero-order valence-corrected chi connectivity index (χ0v) is 19.4. The van der Waals surface area contributed by atoms with E-state index in [4.69, 9.17) is 18.9 Å². The van der Waals surface area contributed by atoms with Crippen molar-refractivity contribution < 1.29 is 28.3 Å². The molecule has 0 saturated heterocycles. The number of methoxy groups -OCH3 is 4. The van der Waals surface area contributed by atoms with Crippen molar-refractivity contribution >= 4 is 5.78 Å². The van der Waals surface area contributed by atoms with Crippen molar-refractivity contribution in [3.05, 3.63) is 90.3 Å². The van der Waals surface area contributed by atoms with Crippen molar-refractivity contribution in [2.45, 2.75) is 0 Å². The molecular weight excluding hydrogens is 432 g/mol. The van der Waals surface area contributed by atoms with Crippen molar-refractivity contribution in [3.63, 3.8) is 0 Å². The second-order valence-electron chi connectivity index (χ2n) is 7.33. The van der Waals surface area contributed by atoms with Gasteiger partial charge < -0.3 is 18.9 Å². The van der Waals surface area contributed by atoms with Crippen LogP contribution in [0, 0.1) is 0 Å². The van der Waals surface area contributed by atoms with E-state index in [1.165, 1.54) is 0 Å². The fraction of sp³-hybridized carbons (Fsp3) is 0.148. The van der Waals surface area contributed by atoms with Gasteiger partial charge in [-0.05, 0) is 59.6 Å². The van der Waals surface area contributed by atoms with Crippen LogP contribution in [0.25, 0.3) is 17.1 Å². The number of nitrogens with zero attached hydrogens (tertiary/aromatic N) is 2. The van der Waals surface area contributed by atoms with Crippen molar-refractivity contribution in [3.8, 4) is 40.1 Å². The van der Waals surface area contributed by atoms with Gasteiger partial charge in [0, 0.05) is 17.2 Å². The summed E-state index contributed by atoms with van der Waals surface area (Å²) in [5.74, 6) is 2.83. The van der Waals surface area contributed by atoms with Crippen LogP contribution in [-0.2, 0) is 0 Å². The van der Waals surface area contributed by atoms with E-state index in [2.05, 4.69) is 4.98 Å². The molecule has 0 fully saturated rings. The zero-order chi connectivity index (χ0) is 24.1. The van der Waals surface area contributed by atoms with Crippen molar-refractivity contribution in [2.75, 3.05) is 28.4 Å². The van der Waals surface area contributed by atoms with E-state index in [-0.39, 0.29) is 5.78 Å². The molecule has 4 rings (SSSR count). The van der Waals surface area contributed by atoms with E-state index < -0.39 is 0 Å². The summed E-state index contributed by atoms with van der Waals surface area (Å²) in [7, 11) is 6.29. The Morgan fingerprint density at radius 1 is 0.706 bits per heavy atom. The van der Waals surface area contributed by atoms with Crippen LogP contribution in [0.2, 0.25) is 0 Å². The number of aromatic nitrogens is 2. The summed E-state index contributed by atoms with van der Waals surface area (Å²) in [6, 6.07) is 20.1. The van der Waals surface area contributed by atoms with Gasteiger partial charge in [0.05, 0.1) is 34.0 Å². The van der Waals surface area contributed by atoms with E-state index in [0.717, 1.165) is 11.3 Å². The molecule has 172 valence electrons. The van der Waals surface area contributed by atoms with Crippen LogP contribution in [-0.4, -0.2) is 39.2 Å². The summed E-state index contributed by atoms with van der Waals surface area (Å²) in [4.78, 5) is 17.9. The lowest BCUT2D eigenvalue weighted by Gasteiger charge is -2.12. The molecule has 0 saturated carbocycles. The third-order valence-corrected chi connectivity index (χ3v) is 5.43. The minimum absolute atomic E-state index is 0.149. The van der Waals surface area contributed by atoms with Gasteiger partial charge in [0.1, 0.15) is 18.1 Å². The molecule has 0 amide bonds. The molecule has 0 spiro atoms. The molecule has 7 nitrogen and oxygen atoms in total. The topological polar surface area (TPSA) is 70.8 Å². The first-order chi connectivity index (χ1) is 16.6. The first-order valence-electron chi connectivity index (χ1n) is 10.6. The SMILES string of the molecule is COc1ccc(C(=O)c2ccc(-c3ccc(OC)c(OC)c3)[n+](-c3ccccn3)c2)cc1OC. The molecule has 0 aliphatic heterocycles. The second-order valence-corrected chi connectivity index (χ2v) is 7.33.